The summed E-state index contributed by atoms with van der Waals surface area (Å²) in [5.74, 6) is 0. The van der Waals surface area contributed by atoms with Gasteiger partial charge in [-0.1, -0.05) is 60.9 Å². The lowest BCUT2D eigenvalue weighted by molar-refractivity contribution is 0.143. The van der Waals surface area contributed by atoms with Crippen LogP contribution in [0.5, 0.6) is 0 Å². The molecule has 15 heavy (non-hydrogen) atoms. The number of hydrogen-bond acceptors (Lipinski definition) is 1. The van der Waals surface area contributed by atoms with Crippen LogP contribution in [0.15, 0.2) is 0 Å². The molecule has 0 aliphatic heterocycles. The highest BCUT2D eigenvalue weighted by molar-refractivity contribution is 9.09. The van der Waals surface area contributed by atoms with Gasteiger partial charge in [0.15, 0.2) is 0 Å². The number of alkyl halides is 1. The Bertz CT molecular complexity index is 94.7. The molecule has 2 heteroatoms. The fourth-order valence-electron chi connectivity index (χ4n) is 1.68. The van der Waals surface area contributed by atoms with Crippen molar-refractivity contribution in [2.75, 3.05) is 18.5 Å². The van der Waals surface area contributed by atoms with E-state index in [2.05, 4.69) is 22.9 Å². The Hall–Kier alpha value is 0.440. The van der Waals surface area contributed by atoms with Crippen molar-refractivity contribution in [2.24, 2.45) is 0 Å². The maximum atomic E-state index is 5.30. The molecule has 0 saturated heterocycles. The van der Waals surface area contributed by atoms with Gasteiger partial charge in [-0.15, -0.1) is 0 Å². The van der Waals surface area contributed by atoms with Crippen molar-refractivity contribution in [2.45, 2.75) is 64.7 Å². The van der Waals surface area contributed by atoms with Crippen LogP contribution in [0.4, 0.5) is 0 Å². The zero-order chi connectivity index (χ0) is 11.2. The topological polar surface area (TPSA) is 9.23 Å². The minimum absolute atomic E-state index is 0.869. The summed E-state index contributed by atoms with van der Waals surface area (Å²) < 4.78 is 5.30. The number of rotatable bonds is 12. The molecule has 0 aromatic heterocycles. The average molecular weight is 279 g/mol. The summed E-state index contributed by atoms with van der Waals surface area (Å²) in [4.78, 5) is 0. The van der Waals surface area contributed by atoms with E-state index in [-0.39, 0.29) is 0 Å². The highest BCUT2D eigenvalue weighted by Crippen LogP contribution is 2.10. The van der Waals surface area contributed by atoms with E-state index < -0.39 is 0 Å². The van der Waals surface area contributed by atoms with Crippen LogP contribution in [0.25, 0.3) is 0 Å². The molecule has 0 aliphatic carbocycles. The third-order valence-corrected chi connectivity index (χ3v) is 3.19. The molecule has 0 rings (SSSR count). The summed E-state index contributed by atoms with van der Waals surface area (Å²) in [5.41, 5.74) is 0. The first-order valence-electron chi connectivity index (χ1n) is 6.55. The van der Waals surface area contributed by atoms with E-state index in [0.29, 0.717) is 0 Å². The Kier molecular flexibility index (Phi) is 14.9. The lowest BCUT2D eigenvalue weighted by atomic mass is 10.1. The minimum atomic E-state index is 0.869. The van der Waals surface area contributed by atoms with Gasteiger partial charge in [-0.3, -0.25) is 0 Å². The second-order valence-electron chi connectivity index (χ2n) is 4.07. The molecular weight excluding hydrogens is 252 g/mol. The van der Waals surface area contributed by atoms with E-state index in [1.54, 1.807) is 0 Å². The number of ether oxygens (including phenoxy) is 1. The van der Waals surface area contributed by atoms with Crippen molar-refractivity contribution in [3.63, 3.8) is 0 Å². The van der Waals surface area contributed by atoms with Crippen LogP contribution in [0.2, 0.25) is 0 Å². The van der Waals surface area contributed by atoms with Crippen molar-refractivity contribution < 1.29 is 4.74 Å². The van der Waals surface area contributed by atoms with Gasteiger partial charge >= 0.3 is 0 Å². The third kappa shape index (κ3) is 14.4. The molecule has 0 fully saturated rings. The minimum Gasteiger partial charge on any atom is -0.382 e. The van der Waals surface area contributed by atoms with Gasteiger partial charge in [0.05, 0.1) is 0 Å². The molecule has 92 valence electrons. The Morgan fingerprint density at radius 2 is 1.20 bits per heavy atom. The number of hydrogen-bond donors (Lipinski definition) is 0. The monoisotopic (exact) mass is 278 g/mol. The molecule has 0 unspecified atom stereocenters. The summed E-state index contributed by atoms with van der Waals surface area (Å²) in [6.07, 6.45) is 12.4. The molecule has 0 heterocycles. The van der Waals surface area contributed by atoms with Crippen LogP contribution >= 0.6 is 15.9 Å². The molecule has 1 nitrogen and oxygen atoms in total. The molecule has 0 spiro atoms. The first kappa shape index (κ1) is 15.4. The van der Waals surface area contributed by atoms with Crippen molar-refractivity contribution >= 4 is 15.9 Å². The second-order valence-corrected chi connectivity index (χ2v) is 4.86. The quantitative estimate of drug-likeness (QED) is 0.363. The molecule has 0 aliphatic rings. The molecule has 0 aromatic rings. The largest absolute Gasteiger partial charge is 0.382 e. The Morgan fingerprint density at radius 1 is 0.733 bits per heavy atom. The zero-order valence-electron chi connectivity index (χ0n) is 10.3. The van der Waals surface area contributed by atoms with Gasteiger partial charge in [0.25, 0.3) is 0 Å². The van der Waals surface area contributed by atoms with Gasteiger partial charge in [-0.05, 0) is 19.8 Å². The summed E-state index contributed by atoms with van der Waals surface area (Å²) in [5, 5.41) is 1.17. The first-order chi connectivity index (χ1) is 7.41. The normalized spacial score (nSPS) is 10.8. The van der Waals surface area contributed by atoms with Crippen LogP contribution in [-0.2, 0) is 4.74 Å². The number of halogens is 1. The SMILES string of the molecule is CCOCCCCCCCCCCCBr. The van der Waals surface area contributed by atoms with Gasteiger partial charge < -0.3 is 4.74 Å². The van der Waals surface area contributed by atoms with E-state index in [0.717, 1.165) is 13.2 Å². The molecule has 0 bridgehead atoms. The average Bonchev–Trinajstić information content (AvgIpc) is 2.26. The first-order valence-corrected chi connectivity index (χ1v) is 7.67. The fourth-order valence-corrected chi connectivity index (χ4v) is 2.08. The fraction of sp³-hybridized carbons (Fsp3) is 1.00. The Morgan fingerprint density at radius 3 is 1.67 bits per heavy atom. The third-order valence-electron chi connectivity index (χ3n) is 2.63. The maximum absolute atomic E-state index is 5.30. The summed E-state index contributed by atoms with van der Waals surface area (Å²) >= 11 is 3.46. The predicted octanol–water partition coefficient (Wildman–Crippen LogP) is 4.93. The molecule has 0 atom stereocenters. The Balaban J connectivity index is 2.81. The smallest absolute Gasteiger partial charge is 0.0465 e. The molecule has 0 N–H and O–H groups in total. The predicted molar refractivity (Wildman–Crippen MR) is 71.8 cm³/mol. The highest BCUT2D eigenvalue weighted by Gasteiger charge is 1.92. The molecular formula is C13H27BrO. The number of unbranched alkanes of at least 4 members (excludes halogenated alkanes) is 8. The van der Waals surface area contributed by atoms with E-state index in [1.807, 2.05) is 0 Å². The summed E-state index contributed by atoms with van der Waals surface area (Å²) in [6.45, 7) is 3.89. The van der Waals surface area contributed by atoms with Crippen LogP contribution in [0, 0.1) is 0 Å². The summed E-state index contributed by atoms with van der Waals surface area (Å²) in [7, 11) is 0. The van der Waals surface area contributed by atoms with Gasteiger partial charge in [0.2, 0.25) is 0 Å². The van der Waals surface area contributed by atoms with E-state index >= 15 is 0 Å². The zero-order valence-corrected chi connectivity index (χ0v) is 11.9. The van der Waals surface area contributed by atoms with E-state index in [9.17, 15) is 0 Å². The van der Waals surface area contributed by atoms with Crippen molar-refractivity contribution in [1.82, 2.24) is 0 Å². The summed E-state index contributed by atoms with van der Waals surface area (Å²) in [6, 6.07) is 0. The molecule has 0 amide bonds. The Labute approximate surface area is 104 Å². The van der Waals surface area contributed by atoms with Crippen LogP contribution < -0.4 is 0 Å². The highest BCUT2D eigenvalue weighted by atomic mass is 79.9. The van der Waals surface area contributed by atoms with Gasteiger partial charge in [0, 0.05) is 18.5 Å². The van der Waals surface area contributed by atoms with E-state index in [4.69, 9.17) is 4.74 Å². The molecule has 0 saturated carbocycles. The maximum Gasteiger partial charge on any atom is 0.0465 e. The second kappa shape index (κ2) is 14.4. The van der Waals surface area contributed by atoms with Crippen molar-refractivity contribution in [3.8, 4) is 0 Å². The standard InChI is InChI=1S/C13H27BrO/c1-2-15-13-11-9-7-5-3-4-6-8-10-12-14/h2-13H2,1H3. The van der Waals surface area contributed by atoms with Crippen LogP contribution in [0.3, 0.4) is 0 Å². The van der Waals surface area contributed by atoms with Crippen molar-refractivity contribution in [1.29, 1.82) is 0 Å². The van der Waals surface area contributed by atoms with E-state index in [1.165, 1.54) is 63.1 Å². The van der Waals surface area contributed by atoms with Gasteiger partial charge in [0.1, 0.15) is 0 Å². The van der Waals surface area contributed by atoms with Gasteiger partial charge in [-0.2, -0.15) is 0 Å². The lowest BCUT2D eigenvalue weighted by Gasteiger charge is -2.02. The van der Waals surface area contributed by atoms with Crippen LogP contribution in [-0.4, -0.2) is 18.5 Å². The van der Waals surface area contributed by atoms with Gasteiger partial charge in [-0.25, -0.2) is 0 Å². The van der Waals surface area contributed by atoms with Crippen LogP contribution in [0.1, 0.15) is 64.7 Å². The molecule has 0 radical (unpaired) electrons. The van der Waals surface area contributed by atoms with Crippen molar-refractivity contribution in [3.05, 3.63) is 0 Å². The molecule has 0 aromatic carbocycles. The lowest BCUT2D eigenvalue weighted by Crippen LogP contribution is -1.92.